The van der Waals surface area contributed by atoms with Crippen molar-refractivity contribution in [1.82, 2.24) is 5.32 Å². The molecule has 29 heavy (non-hydrogen) atoms. The molecule has 0 bridgehead atoms. The first-order chi connectivity index (χ1) is 13.9. The van der Waals surface area contributed by atoms with Crippen molar-refractivity contribution in [2.75, 3.05) is 18.5 Å². The number of aryl methyl sites for hydroxylation is 1. The fourth-order valence-corrected chi connectivity index (χ4v) is 2.96. The van der Waals surface area contributed by atoms with Crippen LogP contribution in [0.5, 0.6) is 0 Å². The van der Waals surface area contributed by atoms with Gasteiger partial charge in [0, 0.05) is 16.3 Å². The van der Waals surface area contributed by atoms with E-state index in [1.807, 2.05) is 30.3 Å². The number of halogens is 1. The van der Waals surface area contributed by atoms with Crippen LogP contribution in [-0.4, -0.2) is 30.9 Å². The zero-order valence-corrected chi connectivity index (χ0v) is 16.5. The van der Waals surface area contributed by atoms with Gasteiger partial charge in [0.15, 0.2) is 6.61 Å². The van der Waals surface area contributed by atoms with Crippen LogP contribution in [0.4, 0.5) is 5.69 Å². The summed E-state index contributed by atoms with van der Waals surface area (Å²) in [6.45, 7) is 1.02. The van der Waals surface area contributed by atoms with Crippen LogP contribution < -0.4 is 10.6 Å². The molecule has 2 amide bonds. The molecule has 0 aliphatic rings. The minimum Gasteiger partial charge on any atom is -0.454 e. The summed E-state index contributed by atoms with van der Waals surface area (Å²) in [5.41, 5.74) is 1.81. The molecule has 6 nitrogen and oxygen atoms in total. The molecule has 0 fully saturated rings. The number of ether oxygens (including phenoxy) is 1. The highest BCUT2D eigenvalue weighted by Crippen LogP contribution is 2.19. The molecule has 0 atom stereocenters. The van der Waals surface area contributed by atoms with Gasteiger partial charge in [-0.3, -0.25) is 14.4 Å². The Balaban J connectivity index is 1.46. The maximum absolute atomic E-state index is 12.2. The van der Waals surface area contributed by atoms with Gasteiger partial charge in [-0.05, 0) is 53.6 Å². The van der Waals surface area contributed by atoms with Gasteiger partial charge >= 0.3 is 5.97 Å². The quantitative estimate of drug-likeness (QED) is 0.606. The average Bonchev–Trinajstić information content (AvgIpc) is 2.72. The SMILES string of the molecule is Cc1cc(Cl)ccc1NC(=O)COC(=O)CNC(=O)c1ccc2ccccc2c1. The van der Waals surface area contributed by atoms with E-state index in [2.05, 4.69) is 10.6 Å². The summed E-state index contributed by atoms with van der Waals surface area (Å²) in [6.07, 6.45) is 0. The standard InChI is InChI=1S/C22H19ClN2O4/c1-14-10-18(23)8-9-19(14)25-20(26)13-29-21(27)12-24-22(28)17-7-6-15-4-2-3-5-16(15)11-17/h2-11H,12-13H2,1H3,(H,24,28)(H,25,26). The Morgan fingerprint density at radius 1 is 0.966 bits per heavy atom. The number of carbonyl (C=O) groups excluding carboxylic acids is 3. The number of amides is 2. The highest BCUT2D eigenvalue weighted by molar-refractivity contribution is 6.30. The number of esters is 1. The minimum absolute atomic E-state index is 0.334. The Morgan fingerprint density at radius 3 is 2.48 bits per heavy atom. The van der Waals surface area contributed by atoms with E-state index in [4.69, 9.17) is 16.3 Å². The predicted octanol–water partition coefficient (Wildman–Crippen LogP) is 3.71. The second kappa shape index (κ2) is 9.21. The van der Waals surface area contributed by atoms with E-state index in [0.717, 1.165) is 16.3 Å². The lowest BCUT2D eigenvalue weighted by Gasteiger charge is -2.10. The van der Waals surface area contributed by atoms with E-state index < -0.39 is 24.4 Å². The van der Waals surface area contributed by atoms with Crippen molar-refractivity contribution in [3.05, 3.63) is 76.8 Å². The Bertz CT molecular complexity index is 1080. The molecule has 3 aromatic carbocycles. The molecule has 3 rings (SSSR count). The summed E-state index contributed by atoms with van der Waals surface area (Å²) in [5.74, 6) is -1.58. The molecule has 3 aromatic rings. The number of rotatable bonds is 6. The molecule has 7 heteroatoms. The first kappa shape index (κ1) is 20.4. The van der Waals surface area contributed by atoms with Crippen LogP contribution in [-0.2, 0) is 14.3 Å². The average molecular weight is 411 g/mol. The summed E-state index contributed by atoms with van der Waals surface area (Å²) < 4.78 is 4.90. The number of carbonyl (C=O) groups is 3. The third-order valence-electron chi connectivity index (χ3n) is 4.23. The third-order valence-corrected chi connectivity index (χ3v) is 4.47. The van der Waals surface area contributed by atoms with E-state index >= 15 is 0 Å². The summed E-state index contributed by atoms with van der Waals surface area (Å²) >= 11 is 5.87. The van der Waals surface area contributed by atoms with Crippen LogP contribution in [0, 0.1) is 6.92 Å². The van der Waals surface area contributed by atoms with Crippen molar-refractivity contribution in [2.45, 2.75) is 6.92 Å². The molecular formula is C22H19ClN2O4. The maximum atomic E-state index is 12.2. The van der Waals surface area contributed by atoms with Crippen molar-refractivity contribution in [3.63, 3.8) is 0 Å². The number of hydrogen-bond acceptors (Lipinski definition) is 4. The Hall–Kier alpha value is -3.38. The van der Waals surface area contributed by atoms with Crippen molar-refractivity contribution < 1.29 is 19.1 Å². The molecule has 0 saturated carbocycles. The summed E-state index contributed by atoms with van der Waals surface area (Å²) in [4.78, 5) is 36.0. The van der Waals surface area contributed by atoms with Crippen LogP contribution in [0.15, 0.2) is 60.7 Å². The van der Waals surface area contributed by atoms with Gasteiger partial charge in [0.2, 0.25) is 0 Å². The highest BCUT2D eigenvalue weighted by atomic mass is 35.5. The smallest absolute Gasteiger partial charge is 0.325 e. The highest BCUT2D eigenvalue weighted by Gasteiger charge is 2.12. The van der Waals surface area contributed by atoms with Crippen molar-refractivity contribution >= 4 is 45.8 Å². The van der Waals surface area contributed by atoms with Crippen molar-refractivity contribution in [3.8, 4) is 0 Å². The zero-order chi connectivity index (χ0) is 20.8. The van der Waals surface area contributed by atoms with Crippen molar-refractivity contribution in [2.24, 2.45) is 0 Å². The van der Waals surface area contributed by atoms with E-state index in [0.29, 0.717) is 16.3 Å². The van der Waals surface area contributed by atoms with Crippen LogP contribution >= 0.6 is 11.6 Å². The van der Waals surface area contributed by atoms with Gasteiger partial charge in [-0.15, -0.1) is 0 Å². The van der Waals surface area contributed by atoms with E-state index in [1.165, 1.54) is 0 Å². The summed E-state index contributed by atoms with van der Waals surface area (Å²) in [5, 5.41) is 7.64. The fraction of sp³-hybridized carbons (Fsp3) is 0.136. The maximum Gasteiger partial charge on any atom is 0.325 e. The first-order valence-corrected chi connectivity index (χ1v) is 9.29. The molecule has 148 valence electrons. The molecular weight excluding hydrogens is 392 g/mol. The number of nitrogens with one attached hydrogen (secondary N) is 2. The van der Waals surface area contributed by atoms with Crippen LogP contribution in [0.25, 0.3) is 10.8 Å². The van der Waals surface area contributed by atoms with Crippen LogP contribution in [0.3, 0.4) is 0 Å². The lowest BCUT2D eigenvalue weighted by atomic mass is 10.1. The molecule has 0 heterocycles. The van der Waals surface area contributed by atoms with Gasteiger partial charge in [-0.25, -0.2) is 0 Å². The van der Waals surface area contributed by atoms with E-state index in [9.17, 15) is 14.4 Å². The molecule has 0 aliphatic carbocycles. The Morgan fingerprint density at radius 2 is 1.72 bits per heavy atom. The second-order valence-corrected chi connectivity index (χ2v) is 6.85. The predicted molar refractivity (Wildman–Crippen MR) is 112 cm³/mol. The van der Waals surface area contributed by atoms with Gasteiger partial charge < -0.3 is 15.4 Å². The van der Waals surface area contributed by atoms with Crippen LogP contribution in [0.2, 0.25) is 5.02 Å². The van der Waals surface area contributed by atoms with Gasteiger partial charge in [0.1, 0.15) is 6.54 Å². The largest absolute Gasteiger partial charge is 0.454 e. The molecule has 0 spiro atoms. The normalized spacial score (nSPS) is 10.4. The van der Waals surface area contributed by atoms with Crippen molar-refractivity contribution in [1.29, 1.82) is 0 Å². The van der Waals surface area contributed by atoms with Gasteiger partial charge in [0.25, 0.3) is 11.8 Å². The summed E-state index contributed by atoms with van der Waals surface area (Å²) in [6, 6.07) is 18.0. The number of benzene rings is 3. The fourth-order valence-electron chi connectivity index (χ4n) is 2.74. The molecule has 0 unspecified atom stereocenters. The topological polar surface area (TPSA) is 84.5 Å². The van der Waals surface area contributed by atoms with E-state index in [1.54, 1.807) is 37.3 Å². The number of hydrogen-bond donors (Lipinski definition) is 2. The monoisotopic (exact) mass is 410 g/mol. The molecule has 0 aromatic heterocycles. The van der Waals surface area contributed by atoms with Gasteiger partial charge in [-0.1, -0.05) is 41.9 Å². The van der Waals surface area contributed by atoms with Gasteiger partial charge in [0.05, 0.1) is 0 Å². The number of fused-ring (bicyclic) bond motifs is 1. The number of anilines is 1. The van der Waals surface area contributed by atoms with Crippen LogP contribution in [0.1, 0.15) is 15.9 Å². The van der Waals surface area contributed by atoms with Gasteiger partial charge in [-0.2, -0.15) is 0 Å². The lowest BCUT2D eigenvalue weighted by Crippen LogP contribution is -2.32. The zero-order valence-electron chi connectivity index (χ0n) is 15.7. The molecule has 0 radical (unpaired) electrons. The van der Waals surface area contributed by atoms with E-state index in [-0.39, 0.29) is 6.54 Å². The minimum atomic E-state index is -0.706. The summed E-state index contributed by atoms with van der Waals surface area (Å²) in [7, 11) is 0. The Labute approximate surface area is 172 Å². The first-order valence-electron chi connectivity index (χ1n) is 8.91. The Kier molecular flexibility index (Phi) is 6.46. The second-order valence-electron chi connectivity index (χ2n) is 6.41. The molecule has 0 aliphatic heterocycles. The third kappa shape index (κ3) is 5.56. The molecule has 0 saturated heterocycles. The molecule has 2 N–H and O–H groups in total. The lowest BCUT2D eigenvalue weighted by molar-refractivity contribution is -0.146.